The largest absolute Gasteiger partial charge is 0.368 e. The first-order chi connectivity index (χ1) is 10.8. The molecule has 122 valence electrons. The van der Waals surface area contributed by atoms with Gasteiger partial charge in [-0.15, -0.1) is 0 Å². The monoisotopic (exact) mass is 312 g/mol. The van der Waals surface area contributed by atoms with Crippen molar-refractivity contribution in [3.63, 3.8) is 0 Å². The second-order valence-electron chi connectivity index (χ2n) is 7.87. The Hall–Kier alpha value is -1.91. The summed E-state index contributed by atoms with van der Waals surface area (Å²) in [4.78, 5) is 16.9. The third-order valence-electron chi connectivity index (χ3n) is 7.24. The normalized spacial score (nSPS) is 41.6. The van der Waals surface area contributed by atoms with E-state index in [-0.39, 0.29) is 16.7 Å². The van der Waals surface area contributed by atoms with Gasteiger partial charge in [0, 0.05) is 18.2 Å². The molecular formula is C18H24N4O. The van der Waals surface area contributed by atoms with Gasteiger partial charge in [-0.25, -0.2) is 0 Å². The summed E-state index contributed by atoms with van der Waals surface area (Å²) in [5.74, 6) is 0.366. The van der Waals surface area contributed by atoms with Crippen molar-refractivity contribution in [2.24, 2.45) is 27.6 Å². The van der Waals surface area contributed by atoms with Crippen LogP contribution in [0, 0.1) is 16.7 Å². The standard InChI is InChI=1S/C18H24N4O/c1-12(14-6-4-5-9-20-14)21-22-11-16(2)13-7-8-17(16,3)18(22,10-13)15(19)23/h4-6,9,13H,7-8,10-11H2,1-3H3,(H2,19,23)/b21-12-/t13-,16-,17+,18-/m0/s1. The van der Waals surface area contributed by atoms with Crippen LogP contribution in [0.1, 0.15) is 45.7 Å². The minimum Gasteiger partial charge on any atom is -0.368 e. The topological polar surface area (TPSA) is 71.6 Å². The van der Waals surface area contributed by atoms with Crippen molar-refractivity contribution in [3.05, 3.63) is 30.1 Å². The molecule has 2 heterocycles. The van der Waals surface area contributed by atoms with Crippen LogP contribution in [0.3, 0.4) is 0 Å². The zero-order valence-corrected chi connectivity index (χ0v) is 14.0. The molecule has 0 spiro atoms. The van der Waals surface area contributed by atoms with E-state index >= 15 is 0 Å². The van der Waals surface area contributed by atoms with E-state index in [4.69, 9.17) is 10.8 Å². The quantitative estimate of drug-likeness (QED) is 0.870. The Kier molecular flexibility index (Phi) is 2.77. The zero-order valence-electron chi connectivity index (χ0n) is 14.0. The molecule has 23 heavy (non-hydrogen) atoms. The maximum atomic E-state index is 12.5. The van der Waals surface area contributed by atoms with Gasteiger partial charge in [-0.1, -0.05) is 19.9 Å². The molecule has 4 rings (SSSR count). The Bertz CT molecular complexity index is 702. The molecule has 4 bridgehead atoms. The summed E-state index contributed by atoms with van der Waals surface area (Å²) < 4.78 is 0. The van der Waals surface area contributed by atoms with Crippen LogP contribution in [0.2, 0.25) is 0 Å². The number of piperidine rings is 1. The highest BCUT2D eigenvalue weighted by molar-refractivity contribution is 5.97. The Balaban J connectivity index is 1.78. The van der Waals surface area contributed by atoms with Crippen molar-refractivity contribution >= 4 is 11.6 Å². The maximum absolute atomic E-state index is 12.5. The molecule has 2 N–H and O–H groups in total. The third kappa shape index (κ3) is 1.51. The highest BCUT2D eigenvalue weighted by Crippen LogP contribution is 2.75. The summed E-state index contributed by atoms with van der Waals surface area (Å²) in [6.07, 6.45) is 4.87. The fourth-order valence-corrected chi connectivity index (χ4v) is 5.68. The summed E-state index contributed by atoms with van der Waals surface area (Å²) in [5.41, 5.74) is 7.02. The van der Waals surface area contributed by atoms with Gasteiger partial charge in [-0.2, -0.15) is 5.10 Å². The fourth-order valence-electron chi connectivity index (χ4n) is 5.68. The second-order valence-corrected chi connectivity index (χ2v) is 7.87. The molecule has 0 radical (unpaired) electrons. The van der Waals surface area contributed by atoms with E-state index in [1.807, 2.05) is 30.1 Å². The maximum Gasteiger partial charge on any atom is 0.245 e. The minimum atomic E-state index is -0.638. The number of nitrogens with zero attached hydrogens (tertiary/aromatic N) is 3. The van der Waals surface area contributed by atoms with E-state index in [1.165, 1.54) is 6.42 Å². The van der Waals surface area contributed by atoms with Crippen LogP contribution >= 0.6 is 0 Å². The smallest absolute Gasteiger partial charge is 0.245 e. The Labute approximate surface area is 137 Å². The molecule has 5 heteroatoms. The minimum absolute atomic E-state index is 0.0790. The molecule has 1 saturated heterocycles. The lowest BCUT2D eigenvalue weighted by molar-refractivity contribution is -0.135. The van der Waals surface area contributed by atoms with Crippen LogP contribution in [0.4, 0.5) is 0 Å². The van der Waals surface area contributed by atoms with Crippen molar-refractivity contribution in [2.75, 3.05) is 6.54 Å². The van der Waals surface area contributed by atoms with Crippen LogP contribution in [0.5, 0.6) is 0 Å². The number of aromatic nitrogens is 1. The van der Waals surface area contributed by atoms with Gasteiger partial charge in [0.15, 0.2) is 0 Å². The van der Waals surface area contributed by atoms with Gasteiger partial charge in [0.05, 0.1) is 11.4 Å². The van der Waals surface area contributed by atoms with Gasteiger partial charge in [-0.3, -0.25) is 14.8 Å². The van der Waals surface area contributed by atoms with Gasteiger partial charge in [0.2, 0.25) is 5.91 Å². The molecule has 1 aromatic rings. The lowest BCUT2D eigenvalue weighted by Crippen LogP contribution is -2.60. The van der Waals surface area contributed by atoms with E-state index in [2.05, 4.69) is 18.8 Å². The summed E-state index contributed by atoms with van der Waals surface area (Å²) in [6, 6.07) is 5.78. The van der Waals surface area contributed by atoms with E-state index in [0.717, 1.165) is 30.8 Å². The average Bonchev–Trinajstić information content (AvgIpc) is 2.97. The summed E-state index contributed by atoms with van der Waals surface area (Å²) in [6.45, 7) is 7.32. The van der Waals surface area contributed by atoms with Gasteiger partial charge in [0.25, 0.3) is 0 Å². The molecule has 2 saturated carbocycles. The lowest BCUT2D eigenvalue weighted by atomic mass is 9.65. The summed E-state index contributed by atoms with van der Waals surface area (Å²) >= 11 is 0. The van der Waals surface area contributed by atoms with Crippen LogP contribution in [-0.2, 0) is 4.79 Å². The highest BCUT2D eigenvalue weighted by Gasteiger charge is 2.80. The molecule has 1 amide bonds. The zero-order chi connectivity index (χ0) is 16.5. The molecule has 3 fully saturated rings. The molecule has 3 aliphatic rings. The number of hydrogen-bond acceptors (Lipinski definition) is 4. The molecule has 0 unspecified atom stereocenters. The SMILES string of the molecule is C/C(=N/N1C[C@@]2(C)[C@H]3CC[C@@]2(C)[C@@]1(C(N)=O)C3)c1ccccn1. The van der Waals surface area contributed by atoms with Gasteiger partial charge >= 0.3 is 0 Å². The van der Waals surface area contributed by atoms with Gasteiger partial charge in [-0.05, 0) is 49.7 Å². The van der Waals surface area contributed by atoms with Gasteiger partial charge in [0.1, 0.15) is 5.54 Å². The van der Waals surface area contributed by atoms with Crippen molar-refractivity contribution in [3.8, 4) is 0 Å². The number of carbonyl (C=O) groups excluding carboxylic acids is 1. The number of primary amides is 1. The van der Waals surface area contributed by atoms with Gasteiger partial charge < -0.3 is 5.73 Å². The van der Waals surface area contributed by atoms with E-state index in [1.54, 1.807) is 6.20 Å². The van der Waals surface area contributed by atoms with Crippen LogP contribution in [0.15, 0.2) is 29.5 Å². The predicted octanol–water partition coefficient (Wildman–Crippen LogP) is 2.17. The van der Waals surface area contributed by atoms with Crippen LogP contribution < -0.4 is 5.73 Å². The number of nitrogens with two attached hydrogens (primary N) is 1. The first-order valence-electron chi connectivity index (χ1n) is 8.39. The number of hydrogen-bond donors (Lipinski definition) is 1. The molecular weight excluding hydrogens is 288 g/mol. The van der Waals surface area contributed by atoms with E-state index in [0.29, 0.717) is 5.92 Å². The Morgan fingerprint density at radius 3 is 2.83 bits per heavy atom. The second kappa shape index (κ2) is 4.34. The van der Waals surface area contributed by atoms with Crippen LogP contribution in [0.25, 0.3) is 0 Å². The summed E-state index contributed by atoms with van der Waals surface area (Å²) in [5, 5.41) is 6.81. The molecule has 4 atom stereocenters. The number of rotatable bonds is 3. The van der Waals surface area contributed by atoms with Crippen molar-refractivity contribution in [2.45, 2.75) is 45.6 Å². The predicted molar refractivity (Wildman–Crippen MR) is 88.6 cm³/mol. The number of hydrazone groups is 1. The van der Waals surface area contributed by atoms with Crippen molar-refractivity contribution in [1.29, 1.82) is 0 Å². The Morgan fingerprint density at radius 1 is 1.43 bits per heavy atom. The molecule has 2 aliphatic carbocycles. The number of pyridine rings is 1. The lowest BCUT2D eigenvalue weighted by Gasteiger charge is -2.44. The third-order valence-corrected chi connectivity index (χ3v) is 7.24. The van der Waals surface area contributed by atoms with Crippen molar-refractivity contribution in [1.82, 2.24) is 9.99 Å². The Morgan fingerprint density at radius 2 is 2.22 bits per heavy atom. The van der Waals surface area contributed by atoms with E-state index in [9.17, 15) is 4.79 Å². The first-order valence-corrected chi connectivity index (χ1v) is 8.39. The first kappa shape index (κ1) is 14.7. The fraction of sp³-hybridized carbons (Fsp3) is 0.611. The number of amides is 1. The number of carbonyl (C=O) groups is 1. The molecule has 1 aliphatic heterocycles. The molecule has 5 nitrogen and oxygen atoms in total. The highest BCUT2D eigenvalue weighted by atomic mass is 16.2. The van der Waals surface area contributed by atoms with E-state index < -0.39 is 5.54 Å². The summed E-state index contributed by atoms with van der Waals surface area (Å²) in [7, 11) is 0. The van der Waals surface area contributed by atoms with Crippen molar-refractivity contribution < 1.29 is 4.79 Å². The molecule has 0 aromatic carbocycles. The average molecular weight is 312 g/mol. The van der Waals surface area contributed by atoms with Crippen LogP contribution in [-0.4, -0.2) is 33.7 Å². The molecule has 1 aromatic heterocycles.